The Morgan fingerprint density at radius 3 is 1.88 bits per heavy atom. The molecule has 16 heavy (non-hydrogen) atoms. The zero-order chi connectivity index (χ0) is 11.5. The second-order valence-corrected chi connectivity index (χ2v) is 4.27. The third-order valence-electron chi connectivity index (χ3n) is 3.62. The molecule has 0 aromatic rings. The molecule has 5 heteroatoms. The van der Waals surface area contributed by atoms with Gasteiger partial charge < -0.3 is 10.2 Å². The summed E-state index contributed by atoms with van der Waals surface area (Å²) in [6, 6.07) is 0. The Kier molecular flexibility index (Phi) is 7.28. The molecule has 0 radical (unpaired) electrons. The van der Waals surface area contributed by atoms with Crippen molar-refractivity contribution in [3.63, 3.8) is 0 Å². The predicted molar refractivity (Wildman–Crippen MR) is 63.1 cm³/mol. The number of hydrogen-bond acceptors (Lipinski definition) is 2. The van der Waals surface area contributed by atoms with Crippen molar-refractivity contribution in [1.82, 2.24) is 0 Å². The fraction of sp³-hybridized carbons (Fsp3) is 0.818. The third-order valence-corrected chi connectivity index (χ3v) is 3.62. The molecule has 1 aliphatic carbocycles. The molecule has 0 saturated heterocycles. The van der Waals surface area contributed by atoms with Gasteiger partial charge >= 0.3 is 60.8 Å². The molecule has 0 aliphatic heterocycles. The molecule has 0 aromatic heterocycles. The van der Waals surface area contributed by atoms with Gasteiger partial charge in [-0.05, 0) is 25.2 Å². The van der Waals surface area contributed by atoms with Crippen molar-refractivity contribution >= 4 is 60.8 Å². The Bertz CT molecular complexity index is 245. The SMILES string of the molecule is CCC(C(=O)O)(C(=O)O)C1CCCCC1.[BaH2]. The molecule has 0 heterocycles. The van der Waals surface area contributed by atoms with Gasteiger partial charge in [0, 0.05) is 0 Å². The Balaban J connectivity index is 0.00000225. The van der Waals surface area contributed by atoms with Crippen LogP contribution in [0, 0.1) is 11.3 Å². The minimum atomic E-state index is -1.56. The van der Waals surface area contributed by atoms with Crippen LogP contribution in [0.1, 0.15) is 45.4 Å². The molecule has 4 nitrogen and oxygen atoms in total. The average Bonchev–Trinajstić information content (AvgIpc) is 2.20. The zero-order valence-electron chi connectivity index (χ0n) is 9.03. The molecule has 0 spiro atoms. The van der Waals surface area contributed by atoms with Crippen molar-refractivity contribution in [2.75, 3.05) is 0 Å². The summed E-state index contributed by atoms with van der Waals surface area (Å²) < 4.78 is 0. The minimum absolute atomic E-state index is 0. The molecule has 0 unspecified atom stereocenters. The van der Waals surface area contributed by atoms with Crippen molar-refractivity contribution < 1.29 is 19.8 Å². The summed E-state index contributed by atoms with van der Waals surface area (Å²) in [5.41, 5.74) is -1.56. The van der Waals surface area contributed by atoms with Crippen LogP contribution in [-0.2, 0) is 9.59 Å². The van der Waals surface area contributed by atoms with Crippen LogP contribution in [-0.4, -0.2) is 71.0 Å². The van der Waals surface area contributed by atoms with Crippen molar-refractivity contribution in [3.05, 3.63) is 0 Å². The maximum absolute atomic E-state index is 11.2. The summed E-state index contributed by atoms with van der Waals surface area (Å²) >= 11 is 0. The second kappa shape index (κ2) is 7.06. The van der Waals surface area contributed by atoms with Gasteiger partial charge in [-0.1, -0.05) is 26.2 Å². The summed E-state index contributed by atoms with van der Waals surface area (Å²) in [4.78, 5) is 22.4. The van der Waals surface area contributed by atoms with Gasteiger partial charge in [0.05, 0.1) is 0 Å². The summed E-state index contributed by atoms with van der Waals surface area (Å²) in [6.07, 6.45) is 4.62. The van der Waals surface area contributed by atoms with E-state index in [0.29, 0.717) is 0 Å². The molecular weight excluding hydrogens is 333 g/mol. The molecule has 90 valence electrons. The normalized spacial score (nSPS) is 17.6. The molecule has 1 aliphatic rings. The molecule has 0 atom stereocenters. The Morgan fingerprint density at radius 1 is 1.12 bits per heavy atom. The summed E-state index contributed by atoms with van der Waals surface area (Å²) in [5, 5.41) is 18.3. The molecule has 1 rings (SSSR count). The average molecular weight is 354 g/mol. The number of rotatable bonds is 4. The summed E-state index contributed by atoms with van der Waals surface area (Å²) in [6.45, 7) is 1.65. The van der Waals surface area contributed by atoms with E-state index in [9.17, 15) is 9.59 Å². The van der Waals surface area contributed by atoms with Crippen molar-refractivity contribution in [1.29, 1.82) is 0 Å². The van der Waals surface area contributed by atoms with Gasteiger partial charge in [-0.3, -0.25) is 9.59 Å². The maximum atomic E-state index is 11.2. The molecule has 1 saturated carbocycles. The third kappa shape index (κ3) is 3.04. The Hall–Kier alpha value is 0.511. The van der Waals surface area contributed by atoms with Crippen molar-refractivity contribution in [3.8, 4) is 0 Å². The van der Waals surface area contributed by atoms with E-state index in [4.69, 9.17) is 10.2 Å². The molecule has 1 fully saturated rings. The van der Waals surface area contributed by atoms with Crippen LogP contribution in [0.15, 0.2) is 0 Å². The first kappa shape index (κ1) is 16.5. The van der Waals surface area contributed by atoms with Gasteiger partial charge in [0.1, 0.15) is 0 Å². The first-order valence-electron chi connectivity index (χ1n) is 5.52. The van der Waals surface area contributed by atoms with Crippen LogP contribution in [0.2, 0.25) is 0 Å². The van der Waals surface area contributed by atoms with E-state index < -0.39 is 17.4 Å². The summed E-state index contributed by atoms with van der Waals surface area (Å²) in [7, 11) is 0. The Morgan fingerprint density at radius 2 is 1.56 bits per heavy atom. The van der Waals surface area contributed by atoms with Crippen LogP contribution in [0.25, 0.3) is 0 Å². The molecule has 0 aromatic carbocycles. The molecular formula is C11H20BaO4. The quantitative estimate of drug-likeness (QED) is 0.589. The number of aliphatic carboxylic acids is 2. The fourth-order valence-electron chi connectivity index (χ4n) is 2.63. The van der Waals surface area contributed by atoms with E-state index >= 15 is 0 Å². The van der Waals surface area contributed by atoms with Crippen LogP contribution in [0.5, 0.6) is 0 Å². The van der Waals surface area contributed by atoms with Gasteiger partial charge in [0.2, 0.25) is 0 Å². The monoisotopic (exact) mass is 354 g/mol. The number of carboxylic acid groups (broad SMARTS) is 2. The number of carbonyl (C=O) groups is 2. The van der Waals surface area contributed by atoms with E-state index in [2.05, 4.69) is 0 Å². The van der Waals surface area contributed by atoms with Gasteiger partial charge in [-0.25, -0.2) is 0 Å². The van der Waals surface area contributed by atoms with E-state index in [1.165, 1.54) is 0 Å². The van der Waals surface area contributed by atoms with Crippen LogP contribution >= 0.6 is 0 Å². The van der Waals surface area contributed by atoms with Crippen molar-refractivity contribution in [2.45, 2.75) is 45.4 Å². The van der Waals surface area contributed by atoms with Crippen LogP contribution in [0.4, 0.5) is 0 Å². The van der Waals surface area contributed by atoms with E-state index in [1.807, 2.05) is 0 Å². The van der Waals surface area contributed by atoms with E-state index in [-0.39, 0.29) is 61.2 Å². The van der Waals surface area contributed by atoms with E-state index in [1.54, 1.807) is 6.92 Å². The van der Waals surface area contributed by atoms with Gasteiger partial charge in [-0.2, -0.15) is 0 Å². The van der Waals surface area contributed by atoms with Crippen LogP contribution in [0.3, 0.4) is 0 Å². The van der Waals surface area contributed by atoms with Gasteiger partial charge in [0.25, 0.3) is 0 Å². The first-order valence-corrected chi connectivity index (χ1v) is 5.52. The zero-order valence-corrected chi connectivity index (χ0v) is 9.03. The number of hydrogen-bond donors (Lipinski definition) is 2. The topological polar surface area (TPSA) is 74.6 Å². The molecule has 2 N–H and O–H groups in total. The Labute approximate surface area is 136 Å². The predicted octanol–water partition coefficient (Wildman–Crippen LogP) is 1.22. The van der Waals surface area contributed by atoms with Crippen molar-refractivity contribution in [2.24, 2.45) is 11.3 Å². The molecule has 0 bridgehead atoms. The van der Waals surface area contributed by atoms with Gasteiger partial charge in [-0.15, -0.1) is 0 Å². The fourth-order valence-corrected chi connectivity index (χ4v) is 2.63. The van der Waals surface area contributed by atoms with Gasteiger partial charge in [0.15, 0.2) is 5.41 Å². The van der Waals surface area contributed by atoms with E-state index in [0.717, 1.165) is 32.1 Å². The molecule has 0 amide bonds. The first-order chi connectivity index (χ1) is 7.05. The standard InChI is InChI=1S/C11H18O4.Ba.2H/c1-2-11(9(12)13,10(14)15)8-6-4-3-5-7-8;;;/h8H,2-7H2,1H3,(H,12,13)(H,14,15);;;. The second-order valence-electron chi connectivity index (χ2n) is 4.27. The summed E-state index contributed by atoms with van der Waals surface area (Å²) in [5.74, 6) is -2.56. The van der Waals surface area contributed by atoms with Crippen LogP contribution < -0.4 is 0 Å². The number of carboxylic acids is 2.